The number of hydrogen-bond acceptors (Lipinski definition) is 3. The molecule has 3 heteroatoms. The molecule has 0 spiro atoms. The van der Waals surface area contributed by atoms with Gasteiger partial charge in [-0.05, 0) is 58.7 Å². The van der Waals surface area contributed by atoms with Gasteiger partial charge >= 0.3 is 0 Å². The second-order valence-corrected chi connectivity index (χ2v) is 5.83. The highest BCUT2D eigenvalue weighted by molar-refractivity contribution is 5.56. The minimum absolute atomic E-state index is 0.556. The highest BCUT2D eigenvalue weighted by atomic mass is 16.5. The SMILES string of the molecule is CCOc1ccccc1NC1CCCN(C(C)C)CC1. The van der Waals surface area contributed by atoms with Gasteiger partial charge in [0.25, 0.3) is 0 Å². The van der Waals surface area contributed by atoms with Crippen LogP contribution in [0.2, 0.25) is 0 Å². The van der Waals surface area contributed by atoms with Crippen LogP contribution in [0.1, 0.15) is 40.0 Å². The van der Waals surface area contributed by atoms with Gasteiger partial charge in [-0.3, -0.25) is 0 Å². The predicted molar refractivity (Wildman–Crippen MR) is 85.6 cm³/mol. The van der Waals surface area contributed by atoms with Crippen molar-refractivity contribution in [1.29, 1.82) is 0 Å². The van der Waals surface area contributed by atoms with Gasteiger partial charge in [0.1, 0.15) is 5.75 Å². The molecule has 1 fully saturated rings. The highest BCUT2D eigenvalue weighted by Crippen LogP contribution is 2.26. The lowest BCUT2D eigenvalue weighted by Crippen LogP contribution is -2.32. The molecule has 0 amide bonds. The fourth-order valence-electron chi connectivity index (χ4n) is 2.87. The number of anilines is 1. The van der Waals surface area contributed by atoms with Crippen molar-refractivity contribution < 1.29 is 4.74 Å². The van der Waals surface area contributed by atoms with Crippen molar-refractivity contribution in [2.24, 2.45) is 0 Å². The molecule has 1 aliphatic heterocycles. The lowest BCUT2D eigenvalue weighted by atomic mass is 10.1. The average Bonchev–Trinajstić information content (AvgIpc) is 2.67. The number of para-hydroxylation sites is 2. The van der Waals surface area contributed by atoms with E-state index in [0.717, 1.165) is 11.4 Å². The molecular weight excluding hydrogens is 248 g/mol. The van der Waals surface area contributed by atoms with E-state index in [1.54, 1.807) is 0 Å². The molecule has 1 aliphatic rings. The Morgan fingerprint density at radius 2 is 2.05 bits per heavy atom. The number of hydrogen-bond donors (Lipinski definition) is 1. The third-order valence-corrected chi connectivity index (χ3v) is 4.04. The summed E-state index contributed by atoms with van der Waals surface area (Å²) in [6.07, 6.45) is 3.72. The maximum atomic E-state index is 5.70. The van der Waals surface area contributed by atoms with Crippen LogP contribution in [0.5, 0.6) is 5.75 Å². The Morgan fingerprint density at radius 3 is 2.80 bits per heavy atom. The van der Waals surface area contributed by atoms with Crippen LogP contribution in [0.25, 0.3) is 0 Å². The number of rotatable bonds is 5. The van der Waals surface area contributed by atoms with Crippen molar-refractivity contribution in [3.8, 4) is 5.75 Å². The summed E-state index contributed by atoms with van der Waals surface area (Å²) in [5, 5.41) is 3.68. The standard InChI is InChI=1S/C17H28N2O/c1-4-20-17-10-6-5-9-16(17)18-15-8-7-12-19(13-11-15)14(2)3/h5-6,9-10,14-15,18H,4,7-8,11-13H2,1-3H3. The summed E-state index contributed by atoms with van der Waals surface area (Å²) in [6, 6.07) is 9.48. The molecule has 0 bridgehead atoms. The van der Waals surface area contributed by atoms with E-state index in [0.29, 0.717) is 18.7 Å². The maximum Gasteiger partial charge on any atom is 0.142 e. The van der Waals surface area contributed by atoms with Gasteiger partial charge in [-0.25, -0.2) is 0 Å². The largest absolute Gasteiger partial charge is 0.492 e. The van der Waals surface area contributed by atoms with Crippen LogP contribution in [0.4, 0.5) is 5.69 Å². The van der Waals surface area contributed by atoms with Crippen LogP contribution in [0.15, 0.2) is 24.3 Å². The first-order valence-corrected chi connectivity index (χ1v) is 7.93. The van der Waals surface area contributed by atoms with E-state index >= 15 is 0 Å². The number of nitrogens with one attached hydrogen (secondary N) is 1. The van der Waals surface area contributed by atoms with Crippen molar-refractivity contribution in [2.75, 3.05) is 25.0 Å². The molecule has 112 valence electrons. The van der Waals surface area contributed by atoms with Crippen molar-refractivity contribution in [3.63, 3.8) is 0 Å². The zero-order chi connectivity index (χ0) is 14.4. The zero-order valence-electron chi connectivity index (χ0n) is 13.1. The quantitative estimate of drug-likeness (QED) is 0.886. The fourth-order valence-corrected chi connectivity index (χ4v) is 2.87. The fraction of sp³-hybridized carbons (Fsp3) is 0.647. The normalized spacial score (nSPS) is 20.7. The van der Waals surface area contributed by atoms with Crippen molar-refractivity contribution >= 4 is 5.69 Å². The van der Waals surface area contributed by atoms with Crippen molar-refractivity contribution in [2.45, 2.75) is 52.1 Å². The molecule has 20 heavy (non-hydrogen) atoms. The van der Waals surface area contributed by atoms with Crippen LogP contribution >= 0.6 is 0 Å². The summed E-state index contributed by atoms with van der Waals surface area (Å²) in [5.41, 5.74) is 1.14. The molecule has 3 nitrogen and oxygen atoms in total. The van der Waals surface area contributed by atoms with Gasteiger partial charge in [0.15, 0.2) is 0 Å². The molecule has 0 aliphatic carbocycles. The van der Waals surface area contributed by atoms with Gasteiger partial charge in [0, 0.05) is 18.6 Å². The molecule has 1 unspecified atom stereocenters. The van der Waals surface area contributed by atoms with E-state index < -0.39 is 0 Å². The summed E-state index contributed by atoms with van der Waals surface area (Å²) in [5.74, 6) is 0.972. The molecule has 1 N–H and O–H groups in total. The zero-order valence-corrected chi connectivity index (χ0v) is 13.1. The topological polar surface area (TPSA) is 24.5 Å². The van der Waals surface area contributed by atoms with E-state index in [1.807, 2.05) is 19.1 Å². The van der Waals surface area contributed by atoms with E-state index in [9.17, 15) is 0 Å². The summed E-state index contributed by atoms with van der Waals surface area (Å²) in [4.78, 5) is 2.58. The molecule has 0 radical (unpaired) electrons. The Balaban J connectivity index is 1.96. The molecular formula is C17H28N2O. The third kappa shape index (κ3) is 4.14. The van der Waals surface area contributed by atoms with Crippen molar-refractivity contribution in [1.82, 2.24) is 4.90 Å². The van der Waals surface area contributed by atoms with Crippen LogP contribution < -0.4 is 10.1 Å². The highest BCUT2D eigenvalue weighted by Gasteiger charge is 2.19. The Labute approximate surface area is 123 Å². The lowest BCUT2D eigenvalue weighted by molar-refractivity contribution is 0.230. The van der Waals surface area contributed by atoms with Gasteiger partial charge in [0.2, 0.25) is 0 Å². The van der Waals surface area contributed by atoms with Crippen LogP contribution in [-0.2, 0) is 0 Å². The minimum atomic E-state index is 0.556. The van der Waals surface area contributed by atoms with Crippen LogP contribution in [0, 0.1) is 0 Å². The van der Waals surface area contributed by atoms with E-state index in [2.05, 4.69) is 36.2 Å². The van der Waals surface area contributed by atoms with Gasteiger partial charge in [0.05, 0.1) is 12.3 Å². The third-order valence-electron chi connectivity index (χ3n) is 4.04. The van der Waals surface area contributed by atoms with Gasteiger partial charge in [-0.1, -0.05) is 12.1 Å². The summed E-state index contributed by atoms with van der Waals surface area (Å²) in [7, 11) is 0. The molecule has 0 aromatic heterocycles. The summed E-state index contributed by atoms with van der Waals surface area (Å²) >= 11 is 0. The smallest absolute Gasteiger partial charge is 0.142 e. The number of benzene rings is 1. The van der Waals surface area contributed by atoms with Crippen LogP contribution in [-0.4, -0.2) is 36.7 Å². The maximum absolute atomic E-state index is 5.70. The molecule has 0 saturated carbocycles. The molecule has 2 rings (SSSR count). The molecule has 1 saturated heterocycles. The number of likely N-dealkylation sites (tertiary alicyclic amines) is 1. The molecule has 1 aromatic rings. The number of nitrogens with zero attached hydrogens (tertiary/aromatic N) is 1. The van der Waals surface area contributed by atoms with Crippen molar-refractivity contribution in [3.05, 3.63) is 24.3 Å². The molecule has 1 heterocycles. The molecule has 1 atom stereocenters. The minimum Gasteiger partial charge on any atom is -0.492 e. The average molecular weight is 276 g/mol. The second kappa shape index (κ2) is 7.53. The van der Waals surface area contributed by atoms with E-state index in [4.69, 9.17) is 4.74 Å². The second-order valence-electron chi connectivity index (χ2n) is 5.83. The van der Waals surface area contributed by atoms with E-state index in [1.165, 1.54) is 32.4 Å². The molecule has 1 aromatic carbocycles. The monoisotopic (exact) mass is 276 g/mol. The first-order valence-electron chi connectivity index (χ1n) is 7.93. The number of ether oxygens (including phenoxy) is 1. The first kappa shape index (κ1) is 15.2. The summed E-state index contributed by atoms with van der Waals surface area (Å²) < 4.78 is 5.70. The summed E-state index contributed by atoms with van der Waals surface area (Å²) in [6.45, 7) is 9.73. The Kier molecular flexibility index (Phi) is 5.72. The van der Waals surface area contributed by atoms with Gasteiger partial charge < -0.3 is 15.0 Å². The lowest BCUT2D eigenvalue weighted by Gasteiger charge is -2.24. The van der Waals surface area contributed by atoms with Crippen LogP contribution in [0.3, 0.4) is 0 Å². The predicted octanol–water partition coefficient (Wildman–Crippen LogP) is 3.76. The Morgan fingerprint density at radius 1 is 1.25 bits per heavy atom. The first-order chi connectivity index (χ1) is 9.70. The van der Waals surface area contributed by atoms with Gasteiger partial charge in [-0.15, -0.1) is 0 Å². The van der Waals surface area contributed by atoms with E-state index in [-0.39, 0.29) is 0 Å². The Hall–Kier alpha value is -1.22. The van der Waals surface area contributed by atoms with Gasteiger partial charge in [-0.2, -0.15) is 0 Å². The Bertz CT molecular complexity index is 406.